The van der Waals surface area contributed by atoms with Crippen molar-refractivity contribution in [2.24, 2.45) is 5.10 Å². The molecule has 1 aromatic heterocycles. The number of hydrogen-bond acceptors (Lipinski definition) is 5. The average molecular weight is 369 g/mol. The van der Waals surface area contributed by atoms with Gasteiger partial charge >= 0.3 is 0 Å². The molecule has 1 heterocycles. The average Bonchev–Trinajstić information content (AvgIpc) is 2.92. The third-order valence-corrected chi connectivity index (χ3v) is 3.68. The molecule has 0 amide bonds. The number of rotatable bonds is 8. The van der Waals surface area contributed by atoms with Gasteiger partial charge in [-0.15, -0.1) is 0 Å². The van der Waals surface area contributed by atoms with Crippen LogP contribution in [-0.2, 0) is 6.42 Å². The van der Waals surface area contributed by atoms with Gasteiger partial charge in [-0.25, -0.2) is 0 Å². The van der Waals surface area contributed by atoms with E-state index in [4.69, 9.17) is 33.3 Å². The minimum absolute atomic E-state index is 0.446. The number of H-pyrrole nitrogens is 1. The number of ether oxygens (including phenoxy) is 2. The Balaban J connectivity index is 2.35. The lowest BCUT2D eigenvalue weighted by atomic mass is 10.2. The summed E-state index contributed by atoms with van der Waals surface area (Å²) >= 11 is 11.5. The van der Waals surface area contributed by atoms with Gasteiger partial charge in [-0.3, -0.25) is 5.10 Å². The standard InChI is InChI=1S/C16H21ClN4O2S/c1-4-7-23-15-12(17)8-11(9-13(15)22-6-3)10-18-21-14(5-2)19-20-16(21)24/h8-10H,4-7H2,1-3H3,(H,20,24)/b18-10-. The van der Waals surface area contributed by atoms with E-state index in [-0.39, 0.29) is 0 Å². The number of aromatic nitrogens is 3. The maximum Gasteiger partial charge on any atom is 0.216 e. The third kappa shape index (κ3) is 4.36. The number of aryl methyl sites for hydroxylation is 1. The smallest absolute Gasteiger partial charge is 0.216 e. The summed E-state index contributed by atoms with van der Waals surface area (Å²) in [6.45, 7) is 7.04. The van der Waals surface area contributed by atoms with Crippen LogP contribution < -0.4 is 9.47 Å². The molecule has 0 aliphatic heterocycles. The van der Waals surface area contributed by atoms with E-state index in [0.717, 1.165) is 24.2 Å². The number of nitrogens with zero attached hydrogens (tertiary/aromatic N) is 3. The van der Waals surface area contributed by atoms with Crippen LogP contribution in [0.4, 0.5) is 0 Å². The van der Waals surface area contributed by atoms with Gasteiger partial charge in [-0.1, -0.05) is 25.4 Å². The lowest BCUT2D eigenvalue weighted by molar-refractivity contribution is 0.277. The first-order valence-electron chi connectivity index (χ1n) is 7.90. The Morgan fingerprint density at radius 1 is 1.33 bits per heavy atom. The maximum absolute atomic E-state index is 6.34. The van der Waals surface area contributed by atoms with Crippen LogP contribution >= 0.6 is 23.8 Å². The number of halogens is 1. The molecule has 0 radical (unpaired) electrons. The Kier molecular flexibility index (Phi) is 6.81. The summed E-state index contributed by atoms with van der Waals surface area (Å²) in [6, 6.07) is 3.63. The first-order valence-corrected chi connectivity index (χ1v) is 8.69. The zero-order valence-electron chi connectivity index (χ0n) is 14.0. The van der Waals surface area contributed by atoms with E-state index in [0.29, 0.717) is 34.5 Å². The van der Waals surface area contributed by atoms with Crippen molar-refractivity contribution in [3.8, 4) is 11.5 Å². The first kappa shape index (κ1) is 18.5. The van der Waals surface area contributed by atoms with Crippen molar-refractivity contribution in [1.29, 1.82) is 0 Å². The summed E-state index contributed by atoms with van der Waals surface area (Å²) in [4.78, 5) is 0. The van der Waals surface area contributed by atoms with Gasteiger partial charge in [0.25, 0.3) is 0 Å². The van der Waals surface area contributed by atoms with Crippen LogP contribution in [0.5, 0.6) is 11.5 Å². The van der Waals surface area contributed by atoms with Crippen LogP contribution in [0.1, 0.15) is 38.6 Å². The van der Waals surface area contributed by atoms with E-state index in [2.05, 4.69) is 15.3 Å². The van der Waals surface area contributed by atoms with E-state index >= 15 is 0 Å². The monoisotopic (exact) mass is 368 g/mol. The molecule has 0 fully saturated rings. The second-order valence-corrected chi connectivity index (χ2v) is 5.76. The third-order valence-electron chi connectivity index (χ3n) is 3.14. The Hall–Kier alpha value is -1.86. The van der Waals surface area contributed by atoms with Crippen molar-refractivity contribution in [2.45, 2.75) is 33.6 Å². The highest BCUT2D eigenvalue weighted by molar-refractivity contribution is 7.71. The van der Waals surface area contributed by atoms with Crippen molar-refractivity contribution in [3.05, 3.63) is 33.3 Å². The minimum atomic E-state index is 0.446. The Labute approximate surface area is 151 Å². The van der Waals surface area contributed by atoms with E-state index in [9.17, 15) is 0 Å². The van der Waals surface area contributed by atoms with Crippen LogP contribution in [0.25, 0.3) is 0 Å². The van der Waals surface area contributed by atoms with Gasteiger partial charge in [0.2, 0.25) is 4.77 Å². The molecule has 0 bridgehead atoms. The predicted octanol–water partition coefficient (Wildman–Crippen LogP) is 4.23. The van der Waals surface area contributed by atoms with E-state index < -0.39 is 0 Å². The lowest BCUT2D eigenvalue weighted by Gasteiger charge is -2.13. The molecule has 130 valence electrons. The van der Waals surface area contributed by atoms with Gasteiger partial charge in [-0.05, 0) is 43.3 Å². The zero-order chi connectivity index (χ0) is 17.5. The maximum atomic E-state index is 6.34. The van der Waals surface area contributed by atoms with Crippen molar-refractivity contribution in [3.63, 3.8) is 0 Å². The summed E-state index contributed by atoms with van der Waals surface area (Å²) in [5.74, 6) is 1.92. The van der Waals surface area contributed by atoms with Crippen molar-refractivity contribution < 1.29 is 9.47 Å². The van der Waals surface area contributed by atoms with Gasteiger partial charge < -0.3 is 9.47 Å². The fraction of sp³-hybridized carbons (Fsp3) is 0.438. The molecule has 6 nitrogen and oxygen atoms in total. The second-order valence-electron chi connectivity index (χ2n) is 4.97. The highest BCUT2D eigenvalue weighted by atomic mass is 35.5. The molecule has 24 heavy (non-hydrogen) atoms. The zero-order valence-corrected chi connectivity index (χ0v) is 15.6. The fourth-order valence-electron chi connectivity index (χ4n) is 2.07. The molecule has 8 heteroatoms. The van der Waals surface area contributed by atoms with Crippen molar-refractivity contribution >= 4 is 30.0 Å². The van der Waals surface area contributed by atoms with Gasteiger partial charge in [0.15, 0.2) is 17.3 Å². The van der Waals surface area contributed by atoms with E-state index in [1.807, 2.05) is 26.8 Å². The molecular weight excluding hydrogens is 348 g/mol. The molecule has 0 atom stereocenters. The largest absolute Gasteiger partial charge is 0.490 e. The molecule has 0 saturated heterocycles. The van der Waals surface area contributed by atoms with Gasteiger partial charge in [0, 0.05) is 6.42 Å². The SMILES string of the molecule is CCCOc1c(Cl)cc(/C=N\n2c(CC)n[nH]c2=S)cc1OCC. The molecule has 2 aromatic rings. The van der Waals surface area contributed by atoms with E-state index in [1.54, 1.807) is 17.0 Å². The molecule has 2 rings (SSSR count). The number of hydrogen-bond donors (Lipinski definition) is 1. The van der Waals surface area contributed by atoms with Crippen molar-refractivity contribution in [2.75, 3.05) is 13.2 Å². The lowest BCUT2D eigenvalue weighted by Crippen LogP contribution is -2.02. The fourth-order valence-corrected chi connectivity index (χ4v) is 2.54. The molecule has 0 aliphatic carbocycles. The number of aromatic amines is 1. The topological polar surface area (TPSA) is 64.4 Å². The van der Waals surface area contributed by atoms with Gasteiger partial charge in [0.1, 0.15) is 0 Å². The Bertz CT molecular complexity index is 770. The Morgan fingerprint density at radius 3 is 2.79 bits per heavy atom. The molecule has 0 unspecified atom stereocenters. The van der Waals surface area contributed by atoms with Crippen LogP contribution in [-0.4, -0.2) is 34.3 Å². The quantitative estimate of drug-likeness (QED) is 0.559. The predicted molar refractivity (Wildman–Crippen MR) is 98.2 cm³/mol. The van der Waals surface area contributed by atoms with Crippen molar-refractivity contribution in [1.82, 2.24) is 14.9 Å². The molecule has 1 N–H and O–H groups in total. The summed E-state index contributed by atoms with van der Waals surface area (Å²) < 4.78 is 13.4. The second kappa shape index (κ2) is 8.84. The highest BCUT2D eigenvalue weighted by Gasteiger charge is 2.12. The Morgan fingerprint density at radius 2 is 2.12 bits per heavy atom. The van der Waals surface area contributed by atoms with E-state index in [1.165, 1.54) is 0 Å². The summed E-state index contributed by atoms with van der Waals surface area (Å²) in [5, 5.41) is 11.7. The number of benzene rings is 1. The highest BCUT2D eigenvalue weighted by Crippen LogP contribution is 2.36. The molecule has 0 aliphatic rings. The van der Waals surface area contributed by atoms with Crippen LogP contribution in [0.15, 0.2) is 17.2 Å². The molecule has 0 spiro atoms. The summed E-state index contributed by atoms with van der Waals surface area (Å²) in [6.07, 6.45) is 3.28. The normalized spacial score (nSPS) is 11.2. The summed E-state index contributed by atoms with van der Waals surface area (Å²) in [7, 11) is 0. The molecule has 0 saturated carbocycles. The van der Waals surface area contributed by atoms with Gasteiger partial charge in [-0.2, -0.15) is 14.9 Å². The summed E-state index contributed by atoms with van der Waals surface area (Å²) in [5.41, 5.74) is 0.789. The van der Waals surface area contributed by atoms with Crippen LogP contribution in [0, 0.1) is 4.77 Å². The molecule has 1 aromatic carbocycles. The number of nitrogens with one attached hydrogen (secondary N) is 1. The minimum Gasteiger partial charge on any atom is -0.490 e. The molecular formula is C16H21ClN4O2S. The van der Waals surface area contributed by atoms with Crippen LogP contribution in [0.3, 0.4) is 0 Å². The van der Waals surface area contributed by atoms with Gasteiger partial charge in [0.05, 0.1) is 24.5 Å². The first-order chi connectivity index (χ1) is 11.6. The van der Waals surface area contributed by atoms with Crippen LogP contribution in [0.2, 0.25) is 5.02 Å².